The molecule has 5 unspecified atom stereocenters. The van der Waals surface area contributed by atoms with Gasteiger partial charge in [-0.05, 0) is 148 Å². The van der Waals surface area contributed by atoms with Gasteiger partial charge in [0.2, 0.25) is 0 Å². The first-order chi connectivity index (χ1) is 48.7. The molecule has 0 fully saturated rings. The molecule has 0 aliphatic carbocycles. The van der Waals surface area contributed by atoms with Gasteiger partial charge in [-0.3, -0.25) is 37.3 Å². The first-order valence-corrected chi connectivity index (χ1v) is 41.8. The average Bonchev–Trinajstić information content (AvgIpc) is 0.965. The molecule has 0 aliphatic rings. The summed E-state index contributed by atoms with van der Waals surface area (Å²) in [5, 5.41) is 10.6. The summed E-state index contributed by atoms with van der Waals surface area (Å²) >= 11 is 0. The number of ether oxygens (including phenoxy) is 4. The molecule has 0 bridgehead atoms. The fourth-order valence-electron chi connectivity index (χ4n) is 10.0. The topological polar surface area (TPSA) is 237 Å². The Morgan fingerprint density at radius 1 is 0.290 bits per heavy atom. The molecule has 0 aromatic carbocycles. The predicted octanol–water partition coefficient (Wildman–Crippen LogP) is 22.3. The molecule has 0 aliphatic heterocycles. The van der Waals surface area contributed by atoms with E-state index >= 15 is 0 Å². The quantitative estimate of drug-likeness (QED) is 0.0169. The third-order valence-electron chi connectivity index (χ3n) is 15.9. The van der Waals surface area contributed by atoms with Gasteiger partial charge in [-0.1, -0.05) is 258 Å². The highest BCUT2D eigenvalue weighted by Crippen LogP contribution is 2.45. The minimum atomic E-state index is -4.99. The zero-order valence-corrected chi connectivity index (χ0v) is 64.4. The van der Waals surface area contributed by atoms with Crippen molar-refractivity contribution in [1.29, 1.82) is 0 Å². The van der Waals surface area contributed by atoms with E-state index in [0.29, 0.717) is 32.1 Å². The van der Waals surface area contributed by atoms with Crippen molar-refractivity contribution in [3.8, 4) is 0 Å². The monoisotopic (exact) mass is 1440 g/mol. The molecule has 574 valence electrons. The molecule has 100 heavy (non-hydrogen) atoms. The van der Waals surface area contributed by atoms with Crippen LogP contribution in [0.15, 0.2) is 122 Å². The molecule has 0 spiro atoms. The molecule has 3 N–H and O–H groups in total. The van der Waals surface area contributed by atoms with Crippen LogP contribution in [0.5, 0.6) is 0 Å². The Morgan fingerprint density at radius 3 is 0.860 bits per heavy atom. The van der Waals surface area contributed by atoms with Gasteiger partial charge in [0, 0.05) is 25.7 Å². The Morgan fingerprint density at radius 2 is 0.530 bits per heavy atom. The Balaban J connectivity index is 5.42. The third kappa shape index (κ3) is 71.8. The zero-order chi connectivity index (χ0) is 73.2. The lowest BCUT2D eigenvalue weighted by atomic mass is 10.1. The van der Waals surface area contributed by atoms with Crippen molar-refractivity contribution in [2.45, 2.75) is 329 Å². The lowest BCUT2D eigenvalue weighted by molar-refractivity contribution is -0.161. The second kappa shape index (κ2) is 72.8. The molecule has 0 radical (unpaired) electrons. The molecular weight excluding hydrogens is 1310 g/mol. The fraction of sp³-hybridized carbons (Fsp3) is 0.704. The molecule has 0 aromatic heterocycles. The minimum Gasteiger partial charge on any atom is -0.462 e. The number of esters is 4. The highest BCUT2D eigenvalue weighted by Gasteiger charge is 2.30. The molecule has 0 rings (SSSR count). The van der Waals surface area contributed by atoms with E-state index in [9.17, 15) is 43.2 Å². The molecule has 17 nitrogen and oxygen atoms in total. The molecule has 0 aromatic rings. The molecule has 0 saturated heterocycles. The standard InChI is InChI=1S/C81H138O17P2/c1-5-9-13-17-21-25-29-33-36-37-40-43-46-50-54-58-62-66-79(84)92-71-76(97-80(85)67-63-59-55-51-47-41-32-28-24-20-16-12-8-4)73-95-99(87,88)93-69-75(82)70-94-100(89,90)96-74-77(98-81(86)68-64-60-56-52-48-44-39-35-31-27-23-19-15-11-7-3)72-91-78(83)65-61-57-53-49-45-42-38-34-30-26-22-18-14-10-6-2/h9-10,13-14,21-22,25-26,28,32-36,38-40,43,50,54,75-77,82H,5-8,11-12,15-20,23-24,27,29-31,37,41-42,44-49,51-53,55-74H2,1-4H3,(H,87,88)(H,89,90)/b13-9-,14-10-,25-21-,26-22-,32-28-,36-33-,38-34-,39-35-,43-40-,54-50-. The molecule has 0 saturated carbocycles. The van der Waals surface area contributed by atoms with Crippen molar-refractivity contribution < 1.29 is 80.2 Å². The van der Waals surface area contributed by atoms with Crippen LogP contribution < -0.4 is 0 Å². The smallest absolute Gasteiger partial charge is 0.462 e. The van der Waals surface area contributed by atoms with E-state index in [1.54, 1.807) is 0 Å². The number of unbranched alkanes of at least 4 members (excludes halogenated alkanes) is 26. The van der Waals surface area contributed by atoms with Gasteiger partial charge in [0.05, 0.1) is 26.4 Å². The van der Waals surface area contributed by atoms with Crippen LogP contribution in [0.3, 0.4) is 0 Å². The summed E-state index contributed by atoms with van der Waals surface area (Å²) in [7, 11) is -9.98. The van der Waals surface area contributed by atoms with Gasteiger partial charge in [-0.2, -0.15) is 0 Å². The van der Waals surface area contributed by atoms with Crippen molar-refractivity contribution >= 4 is 39.5 Å². The molecular formula is C81H138O17P2. The highest BCUT2D eigenvalue weighted by molar-refractivity contribution is 7.47. The lowest BCUT2D eigenvalue weighted by Gasteiger charge is -2.21. The Labute approximate surface area is 606 Å². The summed E-state index contributed by atoms with van der Waals surface area (Å²) in [6, 6.07) is 0. The second-order valence-corrected chi connectivity index (χ2v) is 28.4. The molecule has 0 heterocycles. The van der Waals surface area contributed by atoms with Crippen molar-refractivity contribution in [3.05, 3.63) is 122 Å². The molecule has 19 heteroatoms. The summed E-state index contributed by atoms with van der Waals surface area (Å²) in [4.78, 5) is 72.9. The molecule has 5 atom stereocenters. The minimum absolute atomic E-state index is 0.0704. The number of allylic oxidation sites excluding steroid dienone is 20. The number of phosphoric acid groups is 2. The number of carbonyl (C=O) groups excluding carboxylic acids is 4. The first-order valence-electron chi connectivity index (χ1n) is 38.8. The van der Waals surface area contributed by atoms with Gasteiger partial charge in [0.25, 0.3) is 0 Å². The zero-order valence-electron chi connectivity index (χ0n) is 62.6. The van der Waals surface area contributed by atoms with Crippen molar-refractivity contribution in [2.24, 2.45) is 0 Å². The van der Waals surface area contributed by atoms with Gasteiger partial charge in [0.1, 0.15) is 19.3 Å². The number of rotatable bonds is 72. The van der Waals surface area contributed by atoms with Gasteiger partial charge < -0.3 is 33.8 Å². The van der Waals surface area contributed by atoms with Crippen molar-refractivity contribution in [3.63, 3.8) is 0 Å². The van der Waals surface area contributed by atoms with Gasteiger partial charge in [-0.25, -0.2) is 9.13 Å². The third-order valence-corrected chi connectivity index (χ3v) is 17.8. The lowest BCUT2D eigenvalue weighted by Crippen LogP contribution is -2.30. The van der Waals surface area contributed by atoms with Gasteiger partial charge in [-0.15, -0.1) is 0 Å². The largest absolute Gasteiger partial charge is 0.472 e. The van der Waals surface area contributed by atoms with Crippen LogP contribution >= 0.6 is 15.6 Å². The Hall–Kier alpha value is -4.54. The SMILES string of the molecule is CC/C=C\C/C=C\C/C=C\C/C=C\C/C=C\CCCC(=O)OCC(COP(=O)(O)OCC(O)COP(=O)(O)OCC(COC(=O)CCCCCCC/C=C\C/C=C\C/C=C\CC)OC(=O)CCCCCCC/C=C\CCCCCCCC)OC(=O)CCCCCCC/C=C\CCCCCC. The maximum atomic E-state index is 13.1. The average molecular weight is 1450 g/mol. The maximum absolute atomic E-state index is 13.1. The summed E-state index contributed by atoms with van der Waals surface area (Å²) in [5.74, 6) is -2.28. The van der Waals surface area contributed by atoms with E-state index < -0.39 is 97.5 Å². The van der Waals surface area contributed by atoms with Crippen LogP contribution in [-0.4, -0.2) is 96.7 Å². The number of hydrogen-bond donors (Lipinski definition) is 3. The summed E-state index contributed by atoms with van der Waals surface area (Å²) in [5.41, 5.74) is 0. The van der Waals surface area contributed by atoms with Crippen LogP contribution in [0.1, 0.15) is 310 Å². The van der Waals surface area contributed by atoms with Gasteiger partial charge in [0.15, 0.2) is 12.2 Å². The van der Waals surface area contributed by atoms with Crippen LogP contribution in [0.4, 0.5) is 0 Å². The van der Waals surface area contributed by atoms with E-state index in [1.165, 1.54) is 64.2 Å². The summed E-state index contributed by atoms with van der Waals surface area (Å²) in [6.07, 6.45) is 79.1. The van der Waals surface area contributed by atoms with Crippen LogP contribution in [0, 0.1) is 0 Å². The number of hydrogen-bond acceptors (Lipinski definition) is 15. The van der Waals surface area contributed by atoms with E-state index in [2.05, 4.69) is 137 Å². The van der Waals surface area contributed by atoms with Crippen molar-refractivity contribution in [1.82, 2.24) is 0 Å². The van der Waals surface area contributed by atoms with Gasteiger partial charge >= 0.3 is 39.5 Å². The molecule has 0 amide bonds. The Kier molecular flexibility index (Phi) is 69.5. The number of phosphoric ester groups is 2. The van der Waals surface area contributed by atoms with E-state index in [0.717, 1.165) is 161 Å². The highest BCUT2D eigenvalue weighted by atomic mass is 31.2. The maximum Gasteiger partial charge on any atom is 0.472 e. The van der Waals surface area contributed by atoms with Crippen LogP contribution in [0.2, 0.25) is 0 Å². The Bertz CT molecular complexity index is 2370. The predicted molar refractivity (Wildman–Crippen MR) is 408 cm³/mol. The summed E-state index contributed by atoms with van der Waals surface area (Å²) in [6.45, 7) is 4.53. The normalized spacial score (nSPS) is 14.6. The fourth-order valence-corrected chi connectivity index (χ4v) is 11.6. The van der Waals surface area contributed by atoms with Crippen molar-refractivity contribution in [2.75, 3.05) is 39.6 Å². The number of carbonyl (C=O) groups is 4. The first kappa shape index (κ1) is 95.5. The van der Waals surface area contributed by atoms with Crippen LogP contribution in [0.25, 0.3) is 0 Å². The summed E-state index contributed by atoms with van der Waals surface area (Å²) < 4.78 is 68.4. The van der Waals surface area contributed by atoms with E-state index in [1.807, 2.05) is 12.2 Å². The second-order valence-electron chi connectivity index (χ2n) is 25.5. The van der Waals surface area contributed by atoms with E-state index in [-0.39, 0.29) is 25.7 Å². The number of aliphatic hydroxyl groups excluding tert-OH is 1. The van der Waals surface area contributed by atoms with Crippen LogP contribution in [-0.2, 0) is 65.4 Å². The van der Waals surface area contributed by atoms with E-state index in [4.69, 9.17) is 37.0 Å². The number of aliphatic hydroxyl groups is 1.